The van der Waals surface area contributed by atoms with Crippen LogP contribution < -0.4 is 5.32 Å². The zero-order valence-corrected chi connectivity index (χ0v) is 13.5. The lowest BCUT2D eigenvalue weighted by Crippen LogP contribution is -2.57. The minimum absolute atomic E-state index is 0.195. The average molecular weight is 315 g/mol. The van der Waals surface area contributed by atoms with Crippen molar-refractivity contribution in [2.75, 3.05) is 13.2 Å². The Morgan fingerprint density at radius 3 is 2.78 bits per heavy atom. The molecule has 23 heavy (non-hydrogen) atoms. The minimum atomic E-state index is -0.205. The largest absolute Gasteiger partial charge is 0.381 e. The quantitative estimate of drug-likeness (QED) is 0.906. The van der Waals surface area contributed by atoms with E-state index in [9.17, 15) is 4.79 Å². The molecule has 2 fully saturated rings. The lowest BCUT2D eigenvalue weighted by molar-refractivity contribution is -0.0523. The molecule has 4 rings (SSSR count). The summed E-state index contributed by atoms with van der Waals surface area (Å²) in [5.41, 5.74) is 2.01. The predicted octanol–water partition coefficient (Wildman–Crippen LogP) is 1.43. The molecule has 2 aromatic heterocycles. The molecule has 1 amide bonds. The van der Waals surface area contributed by atoms with Crippen molar-refractivity contribution in [3.05, 3.63) is 23.3 Å². The molecule has 1 aliphatic heterocycles. The van der Waals surface area contributed by atoms with Crippen molar-refractivity contribution in [1.29, 1.82) is 0 Å². The second-order valence-electron chi connectivity index (χ2n) is 6.73. The number of fused-ring (bicyclic) bond motifs is 1. The molecular weight excluding hydrogens is 294 g/mol. The number of ether oxygens (including phenoxy) is 1. The highest BCUT2D eigenvalue weighted by Crippen LogP contribution is 2.48. The first kappa shape index (κ1) is 14.6. The Bertz CT molecular complexity index is 763. The number of rotatable bonds is 2. The third-order valence-corrected chi connectivity index (χ3v) is 5.29. The van der Waals surface area contributed by atoms with Gasteiger partial charge < -0.3 is 10.1 Å². The van der Waals surface area contributed by atoms with Gasteiger partial charge in [-0.25, -0.2) is 9.50 Å². The van der Waals surface area contributed by atoms with Crippen LogP contribution in [0.4, 0.5) is 0 Å². The Morgan fingerprint density at radius 2 is 2.09 bits per heavy atom. The highest BCUT2D eigenvalue weighted by Gasteiger charge is 2.48. The molecule has 3 heterocycles. The van der Waals surface area contributed by atoms with Crippen LogP contribution in [0, 0.1) is 19.3 Å². The normalized spacial score (nSPS) is 23.0. The monoisotopic (exact) mass is 315 g/mol. The number of nitrogens with zero attached hydrogens (tertiary/aromatic N) is 4. The van der Waals surface area contributed by atoms with E-state index < -0.39 is 0 Å². The number of hydrogen-bond acceptors (Lipinski definition) is 5. The molecule has 1 spiro atoms. The summed E-state index contributed by atoms with van der Waals surface area (Å²) in [4.78, 5) is 21.1. The fourth-order valence-corrected chi connectivity index (χ4v) is 3.78. The van der Waals surface area contributed by atoms with E-state index in [1.165, 1.54) is 6.42 Å². The summed E-state index contributed by atoms with van der Waals surface area (Å²) in [5.74, 6) is 0.463. The molecule has 1 aliphatic carbocycles. The van der Waals surface area contributed by atoms with Crippen molar-refractivity contribution in [1.82, 2.24) is 24.9 Å². The number of aromatic nitrogens is 4. The van der Waals surface area contributed by atoms with Crippen LogP contribution >= 0.6 is 0 Å². The molecule has 1 unspecified atom stereocenters. The molecule has 1 saturated carbocycles. The van der Waals surface area contributed by atoms with E-state index in [2.05, 4.69) is 20.4 Å². The van der Waals surface area contributed by atoms with Crippen LogP contribution in [0.5, 0.6) is 0 Å². The van der Waals surface area contributed by atoms with E-state index in [0.717, 1.165) is 43.9 Å². The van der Waals surface area contributed by atoms with Crippen LogP contribution in [-0.4, -0.2) is 44.7 Å². The Labute approximate surface area is 134 Å². The maximum Gasteiger partial charge on any atom is 0.291 e. The van der Waals surface area contributed by atoms with Gasteiger partial charge in [-0.2, -0.15) is 4.98 Å². The molecule has 0 aromatic carbocycles. The topological polar surface area (TPSA) is 81.4 Å². The van der Waals surface area contributed by atoms with E-state index in [-0.39, 0.29) is 23.2 Å². The zero-order valence-electron chi connectivity index (χ0n) is 13.5. The summed E-state index contributed by atoms with van der Waals surface area (Å²) in [6.07, 6.45) is 4.24. The molecule has 0 bridgehead atoms. The fraction of sp³-hybridized carbons (Fsp3) is 0.625. The molecule has 122 valence electrons. The van der Waals surface area contributed by atoms with Gasteiger partial charge in [-0.1, -0.05) is 0 Å². The Balaban J connectivity index is 1.54. The number of nitrogens with one attached hydrogen (secondary N) is 1. The minimum Gasteiger partial charge on any atom is -0.381 e. The van der Waals surface area contributed by atoms with E-state index in [4.69, 9.17) is 4.74 Å². The van der Waals surface area contributed by atoms with Gasteiger partial charge in [-0.15, -0.1) is 5.10 Å². The van der Waals surface area contributed by atoms with Gasteiger partial charge in [0.15, 0.2) is 0 Å². The van der Waals surface area contributed by atoms with Crippen molar-refractivity contribution in [2.24, 2.45) is 5.41 Å². The van der Waals surface area contributed by atoms with Crippen LogP contribution in [0.1, 0.15) is 47.7 Å². The summed E-state index contributed by atoms with van der Waals surface area (Å²) in [7, 11) is 0. The first-order chi connectivity index (χ1) is 11.1. The number of carbonyl (C=O) groups is 1. The van der Waals surface area contributed by atoms with Gasteiger partial charge in [0.25, 0.3) is 11.7 Å². The van der Waals surface area contributed by atoms with E-state index >= 15 is 0 Å². The number of carbonyl (C=O) groups excluding carboxylic acids is 1. The second-order valence-corrected chi connectivity index (χ2v) is 6.73. The van der Waals surface area contributed by atoms with Crippen LogP contribution in [0.25, 0.3) is 5.78 Å². The number of amides is 1. The van der Waals surface area contributed by atoms with Crippen LogP contribution in [0.2, 0.25) is 0 Å². The molecule has 1 saturated heterocycles. The smallest absolute Gasteiger partial charge is 0.291 e. The fourth-order valence-electron chi connectivity index (χ4n) is 3.78. The van der Waals surface area contributed by atoms with Crippen LogP contribution in [0.15, 0.2) is 6.07 Å². The van der Waals surface area contributed by atoms with Gasteiger partial charge in [0, 0.05) is 30.6 Å². The first-order valence-corrected chi connectivity index (χ1v) is 8.17. The lowest BCUT2D eigenvalue weighted by atomic mass is 9.60. The summed E-state index contributed by atoms with van der Waals surface area (Å²) < 4.78 is 7.07. The molecule has 0 radical (unpaired) electrons. The van der Waals surface area contributed by atoms with Crippen molar-refractivity contribution in [3.63, 3.8) is 0 Å². The van der Waals surface area contributed by atoms with Crippen molar-refractivity contribution in [2.45, 2.75) is 45.6 Å². The van der Waals surface area contributed by atoms with Gasteiger partial charge in [0.1, 0.15) is 0 Å². The maximum absolute atomic E-state index is 12.5. The van der Waals surface area contributed by atoms with Gasteiger partial charge >= 0.3 is 0 Å². The third kappa shape index (κ3) is 2.39. The van der Waals surface area contributed by atoms with Crippen molar-refractivity contribution in [3.8, 4) is 0 Å². The highest BCUT2D eigenvalue weighted by atomic mass is 16.5. The maximum atomic E-state index is 12.5. The van der Waals surface area contributed by atoms with E-state index in [1.807, 2.05) is 19.9 Å². The Kier molecular flexibility index (Phi) is 3.33. The van der Waals surface area contributed by atoms with Gasteiger partial charge in [-0.05, 0) is 51.0 Å². The Morgan fingerprint density at radius 1 is 1.30 bits per heavy atom. The molecular formula is C16H21N5O2. The van der Waals surface area contributed by atoms with Gasteiger partial charge in [0.05, 0.1) is 0 Å². The van der Waals surface area contributed by atoms with Crippen LogP contribution in [0.3, 0.4) is 0 Å². The molecule has 7 heteroatoms. The summed E-state index contributed by atoms with van der Waals surface area (Å²) >= 11 is 0. The van der Waals surface area contributed by atoms with Crippen molar-refractivity contribution >= 4 is 11.7 Å². The predicted molar refractivity (Wildman–Crippen MR) is 83.2 cm³/mol. The summed E-state index contributed by atoms with van der Waals surface area (Å²) in [6.45, 7) is 5.43. The molecule has 1 N–H and O–H groups in total. The standard InChI is InChI=1S/C16H21N5O2/c1-10-9-11(2)21-15(17-10)19-13(20-21)14(22)18-12-3-4-16(12)5-7-23-8-6-16/h9,12H,3-8H2,1-2H3,(H,18,22). The van der Waals surface area contributed by atoms with E-state index in [0.29, 0.717) is 5.78 Å². The molecule has 2 aliphatic rings. The molecule has 1 atom stereocenters. The zero-order chi connectivity index (χ0) is 16.0. The average Bonchev–Trinajstić information content (AvgIpc) is 2.96. The van der Waals surface area contributed by atoms with Crippen molar-refractivity contribution < 1.29 is 9.53 Å². The third-order valence-electron chi connectivity index (χ3n) is 5.29. The second kappa shape index (κ2) is 5.26. The van der Waals surface area contributed by atoms with Crippen LogP contribution in [-0.2, 0) is 4.74 Å². The van der Waals surface area contributed by atoms with Gasteiger partial charge in [-0.3, -0.25) is 4.79 Å². The van der Waals surface area contributed by atoms with E-state index in [1.54, 1.807) is 4.52 Å². The number of hydrogen-bond donors (Lipinski definition) is 1. The summed E-state index contributed by atoms with van der Waals surface area (Å²) in [6, 6.07) is 2.13. The SMILES string of the molecule is Cc1cc(C)n2nc(C(=O)NC3CCC34CCOCC4)nc2n1. The summed E-state index contributed by atoms with van der Waals surface area (Å²) in [5, 5.41) is 7.43. The first-order valence-electron chi connectivity index (χ1n) is 8.17. The number of aryl methyl sites for hydroxylation is 2. The van der Waals surface area contributed by atoms with Gasteiger partial charge in [0.2, 0.25) is 5.82 Å². The highest BCUT2D eigenvalue weighted by molar-refractivity contribution is 5.91. The lowest BCUT2D eigenvalue weighted by Gasteiger charge is -2.51. The molecule has 2 aromatic rings. The Hall–Kier alpha value is -2.02. The molecule has 7 nitrogen and oxygen atoms in total.